The highest BCUT2D eigenvalue weighted by atomic mass is 16.2. The van der Waals surface area contributed by atoms with Gasteiger partial charge in [0.25, 0.3) is 0 Å². The van der Waals surface area contributed by atoms with Gasteiger partial charge in [0.1, 0.15) is 5.78 Å². The number of carbonyl (C=O) groups is 2. The number of ketones is 1. The molecule has 2 heterocycles. The standard InChI is InChI=1S/C23H42N2O2/c1-4-5-6-7-8-9-10-22(26)25-17-13-21(14-18-25)24-15-11-20(12-16-24)23(27)19(2)3/h19-21H,4-18H2,1-3H3. The van der Waals surface area contributed by atoms with Crippen LogP contribution in [0.25, 0.3) is 0 Å². The van der Waals surface area contributed by atoms with Gasteiger partial charge in [-0.2, -0.15) is 0 Å². The number of rotatable bonds is 10. The second-order valence-electron chi connectivity index (χ2n) is 9.00. The predicted molar refractivity (Wildman–Crippen MR) is 112 cm³/mol. The molecule has 0 aromatic rings. The van der Waals surface area contributed by atoms with Crippen molar-refractivity contribution in [1.29, 1.82) is 0 Å². The maximum absolute atomic E-state index is 12.4. The fourth-order valence-electron chi connectivity index (χ4n) is 4.72. The van der Waals surface area contributed by atoms with Crippen LogP contribution in [0.5, 0.6) is 0 Å². The number of unbranched alkanes of at least 4 members (excludes halogenated alkanes) is 5. The lowest BCUT2D eigenvalue weighted by molar-refractivity contribution is -0.133. The second kappa shape index (κ2) is 11.8. The summed E-state index contributed by atoms with van der Waals surface area (Å²) in [5.74, 6) is 1.26. The van der Waals surface area contributed by atoms with E-state index in [0.29, 0.717) is 17.7 Å². The van der Waals surface area contributed by atoms with E-state index < -0.39 is 0 Å². The van der Waals surface area contributed by atoms with Gasteiger partial charge in [0, 0.05) is 37.4 Å². The van der Waals surface area contributed by atoms with Crippen LogP contribution in [0, 0.1) is 11.8 Å². The van der Waals surface area contributed by atoms with Crippen LogP contribution in [-0.4, -0.2) is 53.7 Å². The summed E-state index contributed by atoms with van der Waals surface area (Å²) in [5.41, 5.74) is 0. The van der Waals surface area contributed by atoms with Crippen molar-refractivity contribution in [2.75, 3.05) is 26.2 Å². The summed E-state index contributed by atoms with van der Waals surface area (Å²) in [4.78, 5) is 29.3. The zero-order valence-electron chi connectivity index (χ0n) is 18.0. The third-order valence-electron chi connectivity index (χ3n) is 6.58. The molecular weight excluding hydrogens is 336 g/mol. The van der Waals surface area contributed by atoms with Crippen LogP contribution in [0.4, 0.5) is 0 Å². The number of Topliss-reactive ketones (excluding diaryl/α,β-unsaturated/α-hetero) is 1. The molecule has 0 radical (unpaired) electrons. The van der Waals surface area contributed by atoms with Crippen molar-refractivity contribution in [1.82, 2.24) is 9.80 Å². The number of amides is 1. The van der Waals surface area contributed by atoms with Gasteiger partial charge in [0.15, 0.2) is 0 Å². The quantitative estimate of drug-likeness (QED) is 0.519. The molecule has 0 bridgehead atoms. The first-order valence-corrected chi connectivity index (χ1v) is 11.6. The summed E-state index contributed by atoms with van der Waals surface area (Å²) in [6.45, 7) is 10.2. The molecule has 0 saturated carbocycles. The molecule has 0 aromatic carbocycles. The highest BCUT2D eigenvalue weighted by molar-refractivity contribution is 5.82. The third-order valence-corrected chi connectivity index (χ3v) is 6.58. The number of hydrogen-bond acceptors (Lipinski definition) is 3. The van der Waals surface area contributed by atoms with Crippen molar-refractivity contribution in [3.05, 3.63) is 0 Å². The molecule has 4 heteroatoms. The molecule has 0 aromatic heterocycles. The molecular formula is C23H42N2O2. The lowest BCUT2D eigenvalue weighted by Gasteiger charge is -2.41. The molecule has 27 heavy (non-hydrogen) atoms. The van der Waals surface area contributed by atoms with Crippen molar-refractivity contribution in [3.8, 4) is 0 Å². The van der Waals surface area contributed by atoms with E-state index in [1.54, 1.807) is 0 Å². The minimum atomic E-state index is 0.169. The van der Waals surface area contributed by atoms with Crippen LogP contribution in [-0.2, 0) is 9.59 Å². The van der Waals surface area contributed by atoms with Gasteiger partial charge in [-0.3, -0.25) is 9.59 Å². The lowest BCUT2D eigenvalue weighted by atomic mass is 9.86. The molecule has 0 atom stereocenters. The van der Waals surface area contributed by atoms with E-state index in [2.05, 4.69) is 16.7 Å². The van der Waals surface area contributed by atoms with E-state index in [9.17, 15) is 9.59 Å². The maximum Gasteiger partial charge on any atom is 0.222 e. The van der Waals surface area contributed by atoms with E-state index in [-0.39, 0.29) is 11.8 Å². The summed E-state index contributed by atoms with van der Waals surface area (Å²) in [6.07, 6.45) is 12.4. The summed E-state index contributed by atoms with van der Waals surface area (Å²) in [5, 5.41) is 0. The number of carbonyl (C=O) groups excluding carboxylic acids is 2. The third kappa shape index (κ3) is 7.21. The molecule has 4 nitrogen and oxygen atoms in total. The van der Waals surface area contributed by atoms with Crippen molar-refractivity contribution in [3.63, 3.8) is 0 Å². The minimum absolute atomic E-state index is 0.169. The maximum atomic E-state index is 12.4. The zero-order chi connectivity index (χ0) is 19.6. The Balaban J connectivity index is 1.61. The minimum Gasteiger partial charge on any atom is -0.343 e. The Morgan fingerprint density at radius 1 is 0.852 bits per heavy atom. The first-order chi connectivity index (χ1) is 13.0. The normalized spacial score (nSPS) is 20.4. The molecule has 2 aliphatic rings. The Morgan fingerprint density at radius 3 is 2.04 bits per heavy atom. The van der Waals surface area contributed by atoms with Gasteiger partial charge in [-0.05, 0) is 45.2 Å². The van der Waals surface area contributed by atoms with Crippen LogP contribution in [0.1, 0.15) is 91.4 Å². The van der Waals surface area contributed by atoms with Crippen LogP contribution in [0.3, 0.4) is 0 Å². The van der Waals surface area contributed by atoms with Crippen LogP contribution in [0.15, 0.2) is 0 Å². The summed E-state index contributed by atoms with van der Waals surface area (Å²) < 4.78 is 0. The van der Waals surface area contributed by atoms with Gasteiger partial charge < -0.3 is 9.80 Å². The van der Waals surface area contributed by atoms with Gasteiger partial charge in [-0.1, -0.05) is 52.9 Å². The Kier molecular flexibility index (Phi) is 9.81. The zero-order valence-corrected chi connectivity index (χ0v) is 18.0. The van der Waals surface area contributed by atoms with Gasteiger partial charge in [-0.15, -0.1) is 0 Å². The van der Waals surface area contributed by atoms with Crippen LogP contribution < -0.4 is 0 Å². The van der Waals surface area contributed by atoms with Gasteiger partial charge in [0.2, 0.25) is 5.91 Å². The van der Waals surface area contributed by atoms with Gasteiger partial charge in [0.05, 0.1) is 0 Å². The summed E-state index contributed by atoms with van der Waals surface area (Å²) in [7, 11) is 0. The molecule has 2 rings (SSSR count). The molecule has 0 spiro atoms. The molecule has 2 fully saturated rings. The molecule has 2 saturated heterocycles. The average molecular weight is 379 g/mol. The second-order valence-corrected chi connectivity index (χ2v) is 9.00. The fraction of sp³-hybridized carbons (Fsp3) is 0.913. The smallest absolute Gasteiger partial charge is 0.222 e. The first-order valence-electron chi connectivity index (χ1n) is 11.6. The van der Waals surface area contributed by atoms with Crippen molar-refractivity contribution in [2.24, 2.45) is 11.8 Å². The van der Waals surface area contributed by atoms with Crippen LogP contribution in [0.2, 0.25) is 0 Å². The number of nitrogens with zero attached hydrogens (tertiary/aromatic N) is 2. The molecule has 156 valence electrons. The monoisotopic (exact) mass is 378 g/mol. The molecule has 0 unspecified atom stereocenters. The molecule has 0 N–H and O–H groups in total. The molecule has 2 aliphatic heterocycles. The SMILES string of the molecule is CCCCCCCCC(=O)N1CCC(N2CCC(C(=O)C(C)C)CC2)CC1. The fourth-order valence-corrected chi connectivity index (χ4v) is 4.72. The van der Waals surface area contributed by atoms with E-state index >= 15 is 0 Å². The summed E-state index contributed by atoms with van der Waals surface area (Å²) in [6, 6.07) is 0.609. The van der Waals surface area contributed by atoms with E-state index in [0.717, 1.165) is 64.7 Å². The summed E-state index contributed by atoms with van der Waals surface area (Å²) >= 11 is 0. The van der Waals surface area contributed by atoms with Crippen molar-refractivity contribution < 1.29 is 9.59 Å². The average Bonchev–Trinajstić information content (AvgIpc) is 2.70. The predicted octanol–water partition coefficient (Wildman–Crippen LogP) is 4.67. The largest absolute Gasteiger partial charge is 0.343 e. The van der Waals surface area contributed by atoms with E-state index in [4.69, 9.17) is 0 Å². The Bertz CT molecular complexity index is 447. The lowest BCUT2D eigenvalue weighted by Crippen LogP contribution is -2.49. The number of likely N-dealkylation sites (tertiary alicyclic amines) is 2. The number of hydrogen-bond donors (Lipinski definition) is 0. The van der Waals surface area contributed by atoms with Crippen molar-refractivity contribution in [2.45, 2.75) is 97.4 Å². The van der Waals surface area contributed by atoms with Gasteiger partial charge >= 0.3 is 0 Å². The van der Waals surface area contributed by atoms with E-state index in [1.165, 1.54) is 32.1 Å². The Morgan fingerprint density at radius 2 is 1.44 bits per heavy atom. The molecule has 1 amide bonds. The topological polar surface area (TPSA) is 40.6 Å². The first kappa shape index (κ1) is 22.4. The van der Waals surface area contributed by atoms with Crippen LogP contribution >= 0.6 is 0 Å². The van der Waals surface area contributed by atoms with E-state index in [1.807, 2.05) is 13.8 Å². The van der Waals surface area contributed by atoms with Crippen molar-refractivity contribution >= 4 is 11.7 Å². The number of piperidine rings is 2. The highest BCUT2D eigenvalue weighted by Gasteiger charge is 2.31. The Labute approximate surface area is 167 Å². The van der Waals surface area contributed by atoms with Gasteiger partial charge in [-0.25, -0.2) is 0 Å². The molecule has 0 aliphatic carbocycles. The Hall–Kier alpha value is -0.900. The highest BCUT2D eigenvalue weighted by Crippen LogP contribution is 2.26.